The summed E-state index contributed by atoms with van der Waals surface area (Å²) in [6.45, 7) is 0.000327. The molecule has 5 heteroatoms. The summed E-state index contributed by atoms with van der Waals surface area (Å²) in [4.78, 5) is 25.8. The highest BCUT2D eigenvalue weighted by molar-refractivity contribution is 6.06. The first kappa shape index (κ1) is 21.3. The van der Waals surface area contributed by atoms with Crippen molar-refractivity contribution in [3.8, 4) is 11.1 Å². The van der Waals surface area contributed by atoms with Gasteiger partial charge in [0.05, 0.1) is 11.1 Å². The molecule has 0 radical (unpaired) electrons. The molecule has 0 amide bonds. The van der Waals surface area contributed by atoms with E-state index in [9.17, 15) is 9.59 Å². The number of hydrogen-bond donors (Lipinski definition) is 0. The molecular formula is C27H22O5. The third-order valence-electron chi connectivity index (χ3n) is 5.06. The molecule has 0 spiro atoms. The molecule has 0 aliphatic rings. The first-order valence-corrected chi connectivity index (χ1v) is 10.2. The summed E-state index contributed by atoms with van der Waals surface area (Å²) in [6, 6.07) is 27.9. The highest BCUT2D eigenvalue weighted by Gasteiger charge is 2.21. The molecule has 0 saturated heterocycles. The topological polar surface area (TPSA) is 61.8 Å². The van der Waals surface area contributed by atoms with E-state index < -0.39 is 11.9 Å². The van der Waals surface area contributed by atoms with Crippen LogP contribution < -0.4 is 0 Å². The van der Waals surface area contributed by atoms with Crippen molar-refractivity contribution < 1.29 is 23.8 Å². The Kier molecular flexibility index (Phi) is 6.58. The second-order valence-corrected chi connectivity index (χ2v) is 7.19. The summed E-state index contributed by atoms with van der Waals surface area (Å²) in [5.74, 6) is -0.992. The van der Waals surface area contributed by atoms with Gasteiger partial charge in [0.25, 0.3) is 0 Å². The van der Waals surface area contributed by atoms with E-state index in [-0.39, 0.29) is 13.4 Å². The van der Waals surface area contributed by atoms with Gasteiger partial charge in [0, 0.05) is 7.11 Å². The molecule has 0 fully saturated rings. The predicted octanol–water partition coefficient (Wildman–Crippen LogP) is 5.62. The number of benzene rings is 4. The van der Waals surface area contributed by atoms with Gasteiger partial charge >= 0.3 is 11.9 Å². The van der Waals surface area contributed by atoms with Gasteiger partial charge in [0.15, 0.2) is 6.79 Å². The van der Waals surface area contributed by atoms with E-state index in [1.807, 2.05) is 66.7 Å². The van der Waals surface area contributed by atoms with Crippen LogP contribution >= 0.6 is 0 Å². The fourth-order valence-corrected chi connectivity index (χ4v) is 3.52. The van der Waals surface area contributed by atoms with Gasteiger partial charge < -0.3 is 14.2 Å². The third kappa shape index (κ3) is 4.68. The number of carbonyl (C=O) groups is 2. The Labute approximate surface area is 186 Å². The quantitative estimate of drug-likeness (QED) is 0.283. The molecular weight excluding hydrogens is 404 g/mol. The van der Waals surface area contributed by atoms with Crippen molar-refractivity contribution in [1.29, 1.82) is 0 Å². The first-order chi connectivity index (χ1) is 15.7. The average Bonchev–Trinajstić information content (AvgIpc) is 2.85. The Morgan fingerprint density at radius 3 is 2.03 bits per heavy atom. The largest absolute Gasteiger partial charge is 0.457 e. The monoisotopic (exact) mass is 426 g/mol. The van der Waals surface area contributed by atoms with Crippen LogP contribution in [0.3, 0.4) is 0 Å². The van der Waals surface area contributed by atoms with Crippen molar-refractivity contribution in [2.45, 2.75) is 6.61 Å². The third-order valence-corrected chi connectivity index (χ3v) is 5.06. The van der Waals surface area contributed by atoms with E-state index in [0.29, 0.717) is 22.3 Å². The lowest BCUT2D eigenvalue weighted by Gasteiger charge is -2.15. The summed E-state index contributed by atoms with van der Waals surface area (Å²) >= 11 is 0. The van der Waals surface area contributed by atoms with Crippen molar-refractivity contribution in [3.05, 3.63) is 108 Å². The van der Waals surface area contributed by atoms with Crippen LogP contribution in [0.4, 0.5) is 0 Å². The molecule has 0 atom stereocenters. The lowest BCUT2D eigenvalue weighted by Crippen LogP contribution is -2.11. The fourth-order valence-electron chi connectivity index (χ4n) is 3.52. The number of esters is 2. The molecule has 4 aromatic rings. The van der Waals surface area contributed by atoms with Crippen LogP contribution in [0.5, 0.6) is 0 Å². The second kappa shape index (κ2) is 9.90. The van der Waals surface area contributed by atoms with Crippen molar-refractivity contribution >= 4 is 22.7 Å². The van der Waals surface area contributed by atoms with E-state index in [2.05, 4.69) is 0 Å². The van der Waals surface area contributed by atoms with Gasteiger partial charge in [0.1, 0.15) is 6.61 Å². The maximum atomic E-state index is 13.0. The minimum Gasteiger partial charge on any atom is -0.457 e. The van der Waals surface area contributed by atoms with Gasteiger partial charge in [-0.3, -0.25) is 0 Å². The molecule has 0 N–H and O–H groups in total. The van der Waals surface area contributed by atoms with Crippen LogP contribution in [0.2, 0.25) is 0 Å². The molecule has 0 heterocycles. The Morgan fingerprint density at radius 1 is 0.656 bits per heavy atom. The average molecular weight is 426 g/mol. The lowest BCUT2D eigenvalue weighted by atomic mass is 9.92. The van der Waals surface area contributed by atoms with Crippen LogP contribution in [0.1, 0.15) is 26.3 Å². The molecule has 0 bridgehead atoms. The van der Waals surface area contributed by atoms with Gasteiger partial charge in [-0.05, 0) is 45.7 Å². The van der Waals surface area contributed by atoms with Crippen LogP contribution in [0, 0.1) is 0 Å². The van der Waals surface area contributed by atoms with Crippen molar-refractivity contribution in [2.24, 2.45) is 0 Å². The van der Waals surface area contributed by atoms with Gasteiger partial charge in [-0.2, -0.15) is 0 Å². The molecule has 0 saturated carbocycles. The lowest BCUT2D eigenvalue weighted by molar-refractivity contribution is -0.0124. The van der Waals surface area contributed by atoms with E-state index in [0.717, 1.165) is 16.3 Å². The molecule has 160 valence electrons. The molecule has 5 nitrogen and oxygen atoms in total. The number of hydrogen-bond acceptors (Lipinski definition) is 5. The summed E-state index contributed by atoms with van der Waals surface area (Å²) in [7, 11) is 1.45. The molecule has 0 aliphatic carbocycles. The second-order valence-electron chi connectivity index (χ2n) is 7.19. The van der Waals surface area contributed by atoms with Crippen LogP contribution in [-0.2, 0) is 20.8 Å². The van der Waals surface area contributed by atoms with Crippen molar-refractivity contribution in [3.63, 3.8) is 0 Å². The Morgan fingerprint density at radius 2 is 1.28 bits per heavy atom. The number of carbonyl (C=O) groups excluding carboxylic acids is 2. The molecule has 4 rings (SSSR count). The van der Waals surface area contributed by atoms with E-state index in [4.69, 9.17) is 14.2 Å². The molecule has 32 heavy (non-hydrogen) atoms. The highest BCUT2D eigenvalue weighted by Crippen LogP contribution is 2.32. The zero-order valence-corrected chi connectivity index (χ0v) is 17.6. The number of rotatable bonds is 7. The van der Waals surface area contributed by atoms with Crippen LogP contribution in [0.15, 0.2) is 91.0 Å². The minimum absolute atomic E-state index is 0.161. The maximum Gasteiger partial charge on any atom is 0.340 e. The fraction of sp³-hybridized carbons (Fsp3) is 0.111. The molecule has 0 aliphatic heterocycles. The normalized spacial score (nSPS) is 10.7. The Bertz CT molecular complexity index is 1250. The van der Waals surface area contributed by atoms with Crippen LogP contribution in [0.25, 0.3) is 21.9 Å². The summed E-state index contributed by atoms with van der Waals surface area (Å²) in [5.41, 5.74) is 2.81. The maximum absolute atomic E-state index is 13.0. The van der Waals surface area contributed by atoms with Crippen molar-refractivity contribution in [1.82, 2.24) is 0 Å². The number of ether oxygens (including phenoxy) is 3. The highest BCUT2D eigenvalue weighted by atomic mass is 16.7. The van der Waals surface area contributed by atoms with Gasteiger partial charge in [-0.15, -0.1) is 0 Å². The standard InChI is InChI=1S/C27H22O5/c1-30-18-32-27(29)25-16-21-12-6-5-11-20(21)15-24(25)22-13-7-8-14-23(22)26(28)31-17-19-9-3-2-4-10-19/h2-16H,17-18H2,1H3. The first-order valence-electron chi connectivity index (χ1n) is 10.2. The zero-order chi connectivity index (χ0) is 22.3. The molecule has 0 aromatic heterocycles. The Balaban J connectivity index is 1.75. The minimum atomic E-state index is -0.528. The predicted molar refractivity (Wildman–Crippen MR) is 122 cm³/mol. The molecule has 4 aromatic carbocycles. The van der Waals surface area contributed by atoms with Crippen molar-refractivity contribution in [2.75, 3.05) is 13.9 Å². The SMILES string of the molecule is COCOC(=O)c1cc2ccccc2cc1-c1ccccc1C(=O)OCc1ccccc1. The van der Waals surface area contributed by atoms with E-state index in [1.165, 1.54) is 7.11 Å². The zero-order valence-electron chi connectivity index (χ0n) is 17.6. The van der Waals surface area contributed by atoms with Gasteiger partial charge in [0.2, 0.25) is 0 Å². The smallest absolute Gasteiger partial charge is 0.340 e. The van der Waals surface area contributed by atoms with Gasteiger partial charge in [-0.25, -0.2) is 9.59 Å². The number of fused-ring (bicyclic) bond motifs is 1. The van der Waals surface area contributed by atoms with Gasteiger partial charge in [-0.1, -0.05) is 72.8 Å². The summed E-state index contributed by atoms with van der Waals surface area (Å²) in [5, 5.41) is 1.84. The summed E-state index contributed by atoms with van der Waals surface area (Å²) in [6.07, 6.45) is 0. The van der Waals surface area contributed by atoms with Crippen LogP contribution in [-0.4, -0.2) is 25.8 Å². The molecule has 0 unspecified atom stereocenters. The number of methoxy groups -OCH3 is 1. The Hall–Kier alpha value is -3.96. The van der Waals surface area contributed by atoms with E-state index in [1.54, 1.807) is 24.3 Å². The summed E-state index contributed by atoms with van der Waals surface area (Å²) < 4.78 is 15.7. The van der Waals surface area contributed by atoms with E-state index >= 15 is 0 Å².